The van der Waals surface area contributed by atoms with Gasteiger partial charge in [-0.2, -0.15) is 27.2 Å². The predicted molar refractivity (Wildman–Crippen MR) is 177 cm³/mol. The third-order valence-corrected chi connectivity index (χ3v) is 13.6. The Morgan fingerprint density at radius 2 is 0.622 bits per heavy atom. The molecule has 8 N–H and O–H groups in total. The van der Waals surface area contributed by atoms with E-state index < -0.39 is 0 Å². The van der Waals surface area contributed by atoms with E-state index >= 15 is 0 Å². The molecule has 5 heterocycles. The van der Waals surface area contributed by atoms with Crippen molar-refractivity contribution in [1.82, 2.24) is 42.5 Å². The van der Waals surface area contributed by atoms with E-state index in [1.54, 1.807) is 0 Å². The molecule has 257 valence electrons. The Labute approximate surface area is 284 Å². The summed E-state index contributed by atoms with van der Waals surface area (Å²) >= 11 is 0. The fraction of sp³-hybridized carbons (Fsp3) is 0.944. The van der Waals surface area contributed by atoms with E-state index in [1.165, 1.54) is 102 Å². The van der Waals surface area contributed by atoms with Crippen LogP contribution in [0.4, 0.5) is 0 Å². The van der Waals surface area contributed by atoms with Gasteiger partial charge in [0.05, 0.1) is 43.2 Å². The van der Waals surface area contributed by atoms with E-state index in [0.717, 1.165) is 35.5 Å². The molecule has 0 amide bonds. The molecule has 1 radical (unpaired) electrons. The van der Waals surface area contributed by atoms with E-state index in [0.29, 0.717) is 61.2 Å². The average molecular weight is 668 g/mol. The minimum atomic E-state index is 0. The largest absolute Gasteiger partial charge is 2.00 e. The molecule has 9 rings (SSSR count). The van der Waals surface area contributed by atoms with Crippen LogP contribution in [-0.4, -0.2) is 49.3 Å². The second-order valence-electron chi connectivity index (χ2n) is 16.9. The van der Waals surface area contributed by atoms with Crippen molar-refractivity contribution in [3.63, 3.8) is 0 Å². The summed E-state index contributed by atoms with van der Waals surface area (Å²) in [5.74, 6) is 7.15. The molecule has 5 saturated heterocycles. The molecule has 9 heteroatoms. The zero-order chi connectivity index (χ0) is 29.8. The van der Waals surface area contributed by atoms with Crippen LogP contribution in [0.3, 0.4) is 0 Å². The molecule has 8 bridgehead atoms. The van der Waals surface area contributed by atoms with Gasteiger partial charge in [-0.25, -0.2) is 0 Å². The first-order chi connectivity index (χ1) is 21.5. The summed E-state index contributed by atoms with van der Waals surface area (Å²) in [7, 11) is 0. The van der Waals surface area contributed by atoms with Gasteiger partial charge < -0.3 is 12.3 Å². The first kappa shape index (κ1) is 33.7. The molecule has 4 aliphatic carbocycles. The summed E-state index contributed by atoms with van der Waals surface area (Å²) in [5.41, 5.74) is 0. The van der Waals surface area contributed by atoms with Crippen molar-refractivity contribution in [3.8, 4) is 0 Å². The zero-order valence-electron chi connectivity index (χ0n) is 28.3. The predicted octanol–water partition coefficient (Wildman–Crippen LogP) is 4.04. The van der Waals surface area contributed by atoms with Gasteiger partial charge in [-0.1, -0.05) is 51.4 Å². The molecule has 0 spiro atoms. The van der Waals surface area contributed by atoms with Crippen molar-refractivity contribution in [1.29, 1.82) is 0 Å². The summed E-state index contributed by atoms with van der Waals surface area (Å²) < 4.78 is 0. The summed E-state index contributed by atoms with van der Waals surface area (Å²) in [6.45, 7) is 6.25. The maximum atomic E-state index is 4.25. The Balaban J connectivity index is 0.000000617. The van der Waals surface area contributed by atoms with Gasteiger partial charge in [0, 0.05) is 6.17 Å². The molecule has 16 unspecified atom stereocenters. The Kier molecular flexibility index (Phi) is 10.9. The molecule has 9 fully saturated rings. The van der Waals surface area contributed by atoms with Crippen molar-refractivity contribution >= 4 is 0 Å². The van der Waals surface area contributed by atoms with E-state index in [-0.39, 0.29) is 16.8 Å². The molecular weight excluding hydrogens is 603 g/mol. The minimum Gasteiger partial charge on any atom is -0.323 e. The summed E-state index contributed by atoms with van der Waals surface area (Å²) in [5, 5.41) is 33.7. The van der Waals surface area contributed by atoms with Crippen LogP contribution >= 0.6 is 0 Å². The van der Waals surface area contributed by atoms with E-state index in [4.69, 9.17) is 0 Å². The molecule has 45 heavy (non-hydrogen) atoms. The molecule has 0 aromatic carbocycles. The van der Waals surface area contributed by atoms with Crippen LogP contribution in [0, 0.1) is 59.7 Å². The van der Waals surface area contributed by atoms with Gasteiger partial charge in [0.25, 0.3) is 0 Å². The SMILES string of the molecule is C[C-](C)C.[CH-]1CCCC2C3NC(NC4NC(NC5NC(NC6NC(N3)C3CCCCC63)C3CCCCC53)C3CCCCC43)C12.[Co+2]. The van der Waals surface area contributed by atoms with Gasteiger partial charge in [-0.05, 0) is 80.0 Å². The maximum Gasteiger partial charge on any atom is 2.00 e. The first-order valence-electron chi connectivity index (χ1n) is 19.2. The summed E-state index contributed by atoms with van der Waals surface area (Å²) in [6, 6.07) is 0. The van der Waals surface area contributed by atoms with Crippen molar-refractivity contribution in [2.75, 3.05) is 0 Å². The molecular formula is C36H64CoN8. The quantitative estimate of drug-likeness (QED) is 0.184. The average Bonchev–Trinajstić information content (AvgIpc) is 3.76. The van der Waals surface area contributed by atoms with Crippen LogP contribution in [0.1, 0.15) is 117 Å². The maximum absolute atomic E-state index is 4.25. The fourth-order valence-corrected chi connectivity index (χ4v) is 11.7. The monoisotopic (exact) mass is 667 g/mol. The van der Waals surface area contributed by atoms with E-state index in [9.17, 15) is 0 Å². The number of nitrogens with one attached hydrogen (secondary N) is 8. The third-order valence-electron chi connectivity index (χ3n) is 13.6. The number of fused-ring (bicyclic) bond motifs is 20. The normalized spacial score (nSPS) is 52.0. The van der Waals surface area contributed by atoms with Crippen LogP contribution < -0.4 is 42.5 Å². The molecule has 16 atom stereocenters. The Morgan fingerprint density at radius 1 is 0.378 bits per heavy atom. The second-order valence-corrected chi connectivity index (χ2v) is 16.9. The third kappa shape index (κ3) is 6.72. The van der Waals surface area contributed by atoms with Crippen molar-refractivity contribution in [3.05, 3.63) is 12.3 Å². The van der Waals surface area contributed by atoms with E-state index in [2.05, 4.69) is 69.7 Å². The topological polar surface area (TPSA) is 96.2 Å². The Bertz CT molecular complexity index is 759. The van der Waals surface area contributed by atoms with Crippen molar-refractivity contribution in [2.45, 2.75) is 166 Å². The van der Waals surface area contributed by atoms with Gasteiger partial charge in [0.1, 0.15) is 0 Å². The van der Waals surface area contributed by atoms with Gasteiger partial charge in [-0.3, -0.25) is 42.5 Å². The fourth-order valence-electron chi connectivity index (χ4n) is 11.7. The molecule has 9 aliphatic rings. The zero-order valence-corrected chi connectivity index (χ0v) is 29.3. The second kappa shape index (κ2) is 14.6. The molecule has 0 aromatic heterocycles. The smallest absolute Gasteiger partial charge is 0.323 e. The van der Waals surface area contributed by atoms with Gasteiger partial charge in [0.2, 0.25) is 0 Å². The van der Waals surface area contributed by atoms with Crippen molar-refractivity contribution < 1.29 is 16.8 Å². The minimum absolute atomic E-state index is 0. The molecule has 8 nitrogen and oxygen atoms in total. The summed E-state index contributed by atoms with van der Waals surface area (Å²) in [4.78, 5) is 0. The van der Waals surface area contributed by atoms with Crippen LogP contribution in [0.2, 0.25) is 0 Å². The number of rotatable bonds is 0. The molecule has 5 aliphatic heterocycles. The van der Waals surface area contributed by atoms with Gasteiger partial charge >= 0.3 is 16.8 Å². The van der Waals surface area contributed by atoms with Crippen LogP contribution in [0.15, 0.2) is 0 Å². The van der Waals surface area contributed by atoms with Crippen LogP contribution in [0.5, 0.6) is 0 Å². The Hall–Kier alpha value is 0.186. The van der Waals surface area contributed by atoms with Gasteiger partial charge in [0.15, 0.2) is 0 Å². The Morgan fingerprint density at radius 3 is 0.933 bits per heavy atom. The van der Waals surface area contributed by atoms with Crippen LogP contribution in [-0.2, 0) is 16.8 Å². The number of hydrogen-bond acceptors (Lipinski definition) is 8. The summed E-state index contributed by atoms with van der Waals surface area (Å²) in [6.07, 6.45) is 26.4. The van der Waals surface area contributed by atoms with E-state index in [1.807, 2.05) is 0 Å². The van der Waals surface area contributed by atoms with Gasteiger partial charge in [-0.15, -0.1) is 5.92 Å². The molecule has 0 aromatic rings. The number of hydrogen-bond donors (Lipinski definition) is 8. The van der Waals surface area contributed by atoms with Crippen LogP contribution in [0.25, 0.3) is 0 Å². The molecule has 4 saturated carbocycles. The van der Waals surface area contributed by atoms with Crippen molar-refractivity contribution in [2.24, 2.45) is 47.3 Å². The standard InChI is InChI=1S/C32H55N8.C4H9.Co/c1-2-10-18-17(9-1)25-33-26(18)38-28-21-13-5-6-14-22(21)30(35-28)40-32-24-16-8-7-15-23(24)31(36-32)39-29-20-12-4-3-11-19(20)27(34-29)37-25;1-4(2)3;/h9,17-40H,1-8,10-16H2;1-3H3;/q2*-1;+2. The first-order valence-corrected chi connectivity index (χ1v) is 19.2.